The lowest BCUT2D eigenvalue weighted by atomic mass is 9.76. The van der Waals surface area contributed by atoms with Gasteiger partial charge in [-0.1, -0.05) is 28.9 Å². The third-order valence-corrected chi connectivity index (χ3v) is 4.58. The topological polar surface area (TPSA) is 68.0 Å². The largest absolute Gasteiger partial charge is 0.343 e. The van der Waals surface area contributed by atoms with Crippen LogP contribution in [0.2, 0.25) is 5.02 Å². The SMILES string of the molecule is Cc1nc(C2(NC(=O)CCCc3ccc(Cl)cc3)CCC2)no1. The zero-order chi connectivity index (χ0) is 16.3. The normalized spacial score (nSPS) is 15.9. The van der Waals surface area contributed by atoms with Crippen LogP contribution in [0.15, 0.2) is 28.8 Å². The quantitative estimate of drug-likeness (QED) is 0.877. The number of aryl methyl sites for hydroxylation is 2. The van der Waals surface area contributed by atoms with Crippen molar-refractivity contribution in [3.05, 3.63) is 46.6 Å². The van der Waals surface area contributed by atoms with E-state index in [1.165, 1.54) is 5.56 Å². The number of carbonyl (C=O) groups is 1. The first-order valence-corrected chi connectivity index (χ1v) is 8.31. The molecule has 1 N–H and O–H groups in total. The van der Waals surface area contributed by atoms with E-state index in [0.29, 0.717) is 18.1 Å². The fourth-order valence-corrected chi connectivity index (χ4v) is 2.99. The second kappa shape index (κ2) is 6.71. The van der Waals surface area contributed by atoms with Gasteiger partial charge < -0.3 is 9.84 Å². The smallest absolute Gasteiger partial charge is 0.223 e. The minimum absolute atomic E-state index is 0.0427. The van der Waals surface area contributed by atoms with Crippen molar-refractivity contribution in [3.8, 4) is 0 Å². The highest BCUT2D eigenvalue weighted by molar-refractivity contribution is 6.30. The number of amides is 1. The van der Waals surface area contributed by atoms with Gasteiger partial charge in [0.15, 0.2) is 5.82 Å². The minimum Gasteiger partial charge on any atom is -0.343 e. The Labute approximate surface area is 140 Å². The highest BCUT2D eigenvalue weighted by Gasteiger charge is 2.43. The number of aromatic nitrogens is 2. The maximum Gasteiger partial charge on any atom is 0.223 e. The van der Waals surface area contributed by atoms with Gasteiger partial charge in [0.25, 0.3) is 0 Å². The third-order valence-electron chi connectivity index (χ3n) is 4.32. The van der Waals surface area contributed by atoms with Crippen LogP contribution in [-0.2, 0) is 16.8 Å². The van der Waals surface area contributed by atoms with Crippen molar-refractivity contribution in [2.24, 2.45) is 0 Å². The summed E-state index contributed by atoms with van der Waals surface area (Å²) < 4.78 is 5.05. The van der Waals surface area contributed by atoms with Gasteiger partial charge in [0, 0.05) is 18.4 Å². The summed E-state index contributed by atoms with van der Waals surface area (Å²) in [6.07, 6.45) is 4.96. The first-order chi connectivity index (χ1) is 11.1. The van der Waals surface area contributed by atoms with Crippen LogP contribution in [0.5, 0.6) is 0 Å². The Hall–Kier alpha value is -1.88. The molecular formula is C17H20ClN3O2. The lowest BCUT2D eigenvalue weighted by molar-refractivity contribution is -0.124. The van der Waals surface area contributed by atoms with Gasteiger partial charge >= 0.3 is 0 Å². The number of rotatable bonds is 6. The summed E-state index contributed by atoms with van der Waals surface area (Å²) in [6, 6.07) is 7.74. The fraction of sp³-hybridized carbons (Fsp3) is 0.471. The van der Waals surface area contributed by atoms with Crippen LogP contribution in [0.25, 0.3) is 0 Å². The number of halogens is 1. The average Bonchev–Trinajstić information content (AvgIpc) is 2.92. The molecule has 0 unspecified atom stereocenters. The van der Waals surface area contributed by atoms with Crippen molar-refractivity contribution in [2.75, 3.05) is 0 Å². The van der Waals surface area contributed by atoms with E-state index in [0.717, 1.165) is 37.1 Å². The van der Waals surface area contributed by atoms with Crippen molar-refractivity contribution in [3.63, 3.8) is 0 Å². The Bertz CT molecular complexity index is 677. The molecule has 1 aromatic carbocycles. The molecule has 0 saturated heterocycles. The summed E-state index contributed by atoms with van der Waals surface area (Å²) in [5, 5.41) is 7.83. The lowest BCUT2D eigenvalue weighted by Crippen LogP contribution is -2.51. The number of hydrogen-bond donors (Lipinski definition) is 1. The molecule has 1 aliphatic carbocycles. The van der Waals surface area contributed by atoms with Gasteiger partial charge in [0.05, 0.1) is 0 Å². The van der Waals surface area contributed by atoms with Crippen LogP contribution in [0.3, 0.4) is 0 Å². The van der Waals surface area contributed by atoms with Crippen molar-refractivity contribution >= 4 is 17.5 Å². The number of nitrogens with zero attached hydrogens (tertiary/aromatic N) is 2. The highest BCUT2D eigenvalue weighted by Crippen LogP contribution is 2.39. The molecule has 0 aliphatic heterocycles. The number of carbonyl (C=O) groups excluding carboxylic acids is 1. The molecule has 0 atom stereocenters. The van der Waals surface area contributed by atoms with E-state index in [4.69, 9.17) is 16.1 Å². The van der Waals surface area contributed by atoms with Crippen LogP contribution in [0, 0.1) is 6.92 Å². The van der Waals surface area contributed by atoms with Gasteiger partial charge in [-0.05, 0) is 49.8 Å². The van der Waals surface area contributed by atoms with Crippen LogP contribution >= 0.6 is 11.6 Å². The Morgan fingerprint density at radius 3 is 2.65 bits per heavy atom. The summed E-state index contributed by atoms with van der Waals surface area (Å²) in [7, 11) is 0. The van der Waals surface area contributed by atoms with Crippen molar-refractivity contribution in [1.29, 1.82) is 0 Å². The van der Waals surface area contributed by atoms with Gasteiger partial charge in [-0.2, -0.15) is 4.98 Å². The van der Waals surface area contributed by atoms with Gasteiger partial charge in [-0.3, -0.25) is 4.79 Å². The number of benzene rings is 1. The second-order valence-corrected chi connectivity index (χ2v) is 6.54. The molecule has 23 heavy (non-hydrogen) atoms. The predicted molar refractivity (Wildman–Crippen MR) is 87.1 cm³/mol. The predicted octanol–water partition coefficient (Wildman–Crippen LogP) is 3.55. The average molecular weight is 334 g/mol. The molecular weight excluding hydrogens is 314 g/mol. The molecule has 0 spiro atoms. The first-order valence-electron chi connectivity index (χ1n) is 7.94. The van der Waals surface area contributed by atoms with Gasteiger partial charge in [0.1, 0.15) is 5.54 Å². The van der Waals surface area contributed by atoms with E-state index in [-0.39, 0.29) is 5.91 Å². The monoisotopic (exact) mass is 333 g/mol. The lowest BCUT2D eigenvalue weighted by Gasteiger charge is -2.39. The molecule has 1 heterocycles. The molecule has 5 nitrogen and oxygen atoms in total. The summed E-state index contributed by atoms with van der Waals surface area (Å²) in [6.45, 7) is 1.76. The maximum absolute atomic E-state index is 12.3. The molecule has 1 aliphatic rings. The molecule has 122 valence electrons. The van der Waals surface area contributed by atoms with E-state index < -0.39 is 5.54 Å². The zero-order valence-electron chi connectivity index (χ0n) is 13.1. The number of nitrogens with one attached hydrogen (secondary N) is 1. The van der Waals surface area contributed by atoms with Crippen molar-refractivity contribution < 1.29 is 9.32 Å². The Morgan fingerprint density at radius 2 is 2.09 bits per heavy atom. The molecule has 6 heteroatoms. The van der Waals surface area contributed by atoms with E-state index in [2.05, 4.69) is 15.5 Å². The second-order valence-electron chi connectivity index (χ2n) is 6.10. The van der Waals surface area contributed by atoms with Crippen LogP contribution < -0.4 is 5.32 Å². The molecule has 1 saturated carbocycles. The van der Waals surface area contributed by atoms with Crippen LogP contribution in [0.4, 0.5) is 0 Å². The zero-order valence-corrected chi connectivity index (χ0v) is 13.9. The third kappa shape index (κ3) is 3.72. The highest BCUT2D eigenvalue weighted by atomic mass is 35.5. The number of hydrogen-bond acceptors (Lipinski definition) is 4. The molecule has 1 amide bonds. The Balaban J connectivity index is 1.51. The van der Waals surface area contributed by atoms with Gasteiger partial charge in [0.2, 0.25) is 11.8 Å². The van der Waals surface area contributed by atoms with E-state index in [9.17, 15) is 4.79 Å². The summed E-state index contributed by atoms with van der Waals surface area (Å²) in [5.41, 5.74) is 0.768. The Morgan fingerprint density at radius 1 is 1.35 bits per heavy atom. The van der Waals surface area contributed by atoms with E-state index >= 15 is 0 Å². The maximum atomic E-state index is 12.3. The molecule has 2 aromatic rings. The summed E-state index contributed by atoms with van der Waals surface area (Å²) >= 11 is 5.87. The van der Waals surface area contributed by atoms with Crippen LogP contribution in [0.1, 0.15) is 49.4 Å². The van der Waals surface area contributed by atoms with Crippen LogP contribution in [-0.4, -0.2) is 16.0 Å². The molecule has 1 fully saturated rings. The molecule has 3 rings (SSSR count). The van der Waals surface area contributed by atoms with Crippen molar-refractivity contribution in [1.82, 2.24) is 15.5 Å². The fourth-order valence-electron chi connectivity index (χ4n) is 2.86. The first kappa shape index (κ1) is 16.0. The molecule has 1 aromatic heterocycles. The molecule has 0 bridgehead atoms. The van der Waals surface area contributed by atoms with E-state index in [1.54, 1.807) is 6.92 Å². The van der Waals surface area contributed by atoms with Gasteiger partial charge in [-0.25, -0.2) is 0 Å². The van der Waals surface area contributed by atoms with Crippen molar-refractivity contribution in [2.45, 2.75) is 51.0 Å². The molecule has 0 radical (unpaired) electrons. The summed E-state index contributed by atoms with van der Waals surface area (Å²) in [4.78, 5) is 16.5. The summed E-state index contributed by atoms with van der Waals surface area (Å²) in [5.74, 6) is 1.18. The minimum atomic E-state index is -0.422. The standard InChI is InChI=1S/C17H20ClN3O2/c1-12-19-16(21-23-12)17(10-3-11-17)20-15(22)5-2-4-13-6-8-14(18)9-7-13/h6-9H,2-5,10-11H2,1H3,(H,20,22). The Kier molecular flexibility index (Phi) is 4.66. The van der Waals surface area contributed by atoms with Gasteiger partial charge in [-0.15, -0.1) is 0 Å². The van der Waals surface area contributed by atoms with E-state index in [1.807, 2.05) is 24.3 Å².